The fourth-order valence-corrected chi connectivity index (χ4v) is 7.37. The first kappa shape index (κ1) is 37.9. The summed E-state index contributed by atoms with van der Waals surface area (Å²) < 4.78 is 0. The van der Waals surface area contributed by atoms with Crippen molar-refractivity contribution < 1.29 is 0 Å². The third-order valence-corrected chi connectivity index (χ3v) is 9.21. The fraction of sp³-hybridized carbons (Fsp3) is 0.619. The smallest absolute Gasteiger partial charge is 0.00201 e. The second-order valence-electron chi connectivity index (χ2n) is 15.4. The average Bonchev–Trinajstić information content (AvgIpc) is 3.42. The maximum Gasteiger partial charge on any atom is 0.00201 e. The van der Waals surface area contributed by atoms with Crippen LogP contribution in [0.4, 0.5) is 0 Å². The first-order valence-corrected chi connectivity index (χ1v) is 17.0. The molecule has 0 nitrogen and oxygen atoms in total. The lowest BCUT2D eigenvalue weighted by molar-refractivity contribution is 0.292. The van der Waals surface area contributed by atoms with Gasteiger partial charge < -0.3 is 0 Å². The van der Waals surface area contributed by atoms with Gasteiger partial charge in [-0.15, -0.1) is 6.58 Å². The van der Waals surface area contributed by atoms with Crippen LogP contribution in [0.2, 0.25) is 0 Å². The monoisotopic (exact) mass is 573 g/mol. The summed E-state index contributed by atoms with van der Waals surface area (Å²) in [5.74, 6) is 3.42. The standard InChI is InChI=1S/C35H50.C5H12.C2H6/c1-10-12-17-24(3)26(5)30(16-11-2)20-25(4)34-32(21-31-22-35(8,9)23-33(31)34)28(7)27(6)29-18-14-13-15-19-29;1-5(2,3)4;1-2/h10,13-15,18-19,27,30-34H,1,3-5,7,11-12,16-17,20-23H2,2,6,8-9H3;1-4H3;1-2H3. The molecular weight excluding hydrogens is 504 g/mol. The van der Waals surface area contributed by atoms with E-state index in [1.807, 2.05) is 19.9 Å². The molecule has 0 radical (unpaired) electrons. The van der Waals surface area contributed by atoms with Crippen LogP contribution in [-0.2, 0) is 0 Å². The van der Waals surface area contributed by atoms with Crippen molar-refractivity contribution in [3.63, 3.8) is 0 Å². The summed E-state index contributed by atoms with van der Waals surface area (Å²) >= 11 is 0. The van der Waals surface area contributed by atoms with Crippen LogP contribution in [0, 0.1) is 40.4 Å². The molecule has 236 valence electrons. The minimum Gasteiger partial charge on any atom is -0.103 e. The topological polar surface area (TPSA) is 0 Å². The van der Waals surface area contributed by atoms with Gasteiger partial charge in [-0.3, -0.25) is 0 Å². The molecule has 2 aliphatic rings. The predicted molar refractivity (Wildman–Crippen MR) is 192 cm³/mol. The molecule has 2 saturated carbocycles. The van der Waals surface area contributed by atoms with Crippen LogP contribution in [0.15, 0.2) is 91.6 Å². The minimum atomic E-state index is 0.378. The van der Waals surface area contributed by atoms with Gasteiger partial charge in [-0.25, -0.2) is 0 Å². The van der Waals surface area contributed by atoms with Gasteiger partial charge in [0.1, 0.15) is 0 Å². The lowest BCUT2D eigenvalue weighted by Gasteiger charge is -2.34. The number of hydrogen-bond acceptors (Lipinski definition) is 0. The SMILES string of the molecule is C=CCCC(=C)C(=C)C(CCC)CC(=C)C1C(C(=C)C(C)c2ccccc2)CC2CC(C)(C)CC21.CC.CC(C)(C)C. The highest BCUT2D eigenvalue weighted by molar-refractivity contribution is 5.33. The Balaban J connectivity index is 0.00000114. The zero-order chi connectivity index (χ0) is 32.3. The summed E-state index contributed by atoms with van der Waals surface area (Å²) in [6.07, 6.45) is 11.2. The van der Waals surface area contributed by atoms with E-state index in [9.17, 15) is 0 Å². The molecule has 0 aliphatic heterocycles. The van der Waals surface area contributed by atoms with Crippen LogP contribution in [0.25, 0.3) is 0 Å². The van der Waals surface area contributed by atoms with Gasteiger partial charge in [-0.1, -0.05) is 155 Å². The third-order valence-electron chi connectivity index (χ3n) is 9.21. The van der Waals surface area contributed by atoms with Crippen molar-refractivity contribution in [3.05, 3.63) is 97.2 Å². The first-order valence-electron chi connectivity index (χ1n) is 17.0. The Labute approximate surface area is 263 Å². The molecule has 0 spiro atoms. The number of allylic oxidation sites excluding steroid dienone is 5. The largest absolute Gasteiger partial charge is 0.103 e. The van der Waals surface area contributed by atoms with Crippen LogP contribution in [0.3, 0.4) is 0 Å². The van der Waals surface area contributed by atoms with Crippen LogP contribution in [0.1, 0.15) is 132 Å². The fourth-order valence-electron chi connectivity index (χ4n) is 7.37. The molecular formula is C42H68. The van der Waals surface area contributed by atoms with E-state index in [1.165, 1.54) is 47.1 Å². The van der Waals surface area contributed by atoms with E-state index in [1.54, 1.807) is 0 Å². The predicted octanol–water partition coefficient (Wildman–Crippen LogP) is 13.6. The molecule has 2 fully saturated rings. The normalized spacial score (nSPS) is 23.7. The van der Waals surface area contributed by atoms with Crippen LogP contribution < -0.4 is 0 Å². The van der Waals surface area contributed by atoms with E-state index in [2.05, 4.69) is 105 Å². The minimum absolute atomic E-state index is 0.378. The molecule has 1 aromatic rings. The zero-order valence-corrected chi connectivity index (χ0v) is 29.6. The molecule has 0 aromatic heterocycles. The summed E-state index contributed by atoms with van der Waals surface area (Å²) in [4.78, 5) is 0. The Bertz CT molecular complexity index is 1000. The highest BCUT2D eigenvalue weighted by Crippen LogP contribution is 2.61. The average molecular weight is 573 g/mol. The molecule has 42 heavy (non-hydrogen) atoms. The van der Waals surface area contributed by atoms with Crippen molar-refractivity contribution in [2.24, 2.45) is 40.4 Å². The molecule has 0 heteroatoms. The quantitative estimate of drug-likeness (QED) is 0.163. The van der Waals surface area contributed by atoms with Crippen LogP contribution in [-0.4, -0.2) is 0 Å². The van der Waals surface area contributed by atoms with Crippen molar-refractivity contribution in [3.8, 4) is 0 Å². The van der Waals surface area contributed by atoms with E-state index in [-0.39, 0.29) is 0 Å². The molecule has 2 aliphatic carbocycles. The van der Waals surface area contributed by atoms with E-state index < -0.39 is 0 Å². The van der Waals surface area contributed by atoms with Crippen LogP contribution in [0.5, 0.6) is 0 Å². The van der Waals surface area contributed by atoms with Gasteiger partial charge in [-0.05, 0) is 96.5 Å². The van der Waals surface area contributed by atoms with Gasteiger partial charge in [0.15, 0.2) is 0 Å². The Kier molecular flexibility index (Phi) is 15.6. The molecule has 0 heterocycles. The van der Waals surface area contributed by atoms with Gasteiger partial charge in [-0.2, -0.15) is 0 Å². The summed E-state index contributed by atoms with van der Waals surface area (Å²) in [7, 11) is 0. The molecule has 0 saturated heterocycles. The van der Waals surface area contributed by atoms with Crippen molar-refractivity contribution in [1.29, 1.82) is 0 Å². The summed E-state index contributed by atoms with van der Waals surface area (Å²) in [5.41, 5.74) is 7.62. The van der Waals surface area contributed by atoms with E-state index in [0.717, 1.165) is 43.9 Å². The Hall–Kier alpha value is -2.08. The molecule has 0 bridgehead atoms. The molecule has 6 unspecified atom stereocenters. The maximum absolute atomic E-state index is 4.81. The Morgan fingerprint density at radius 3 is 2.10 bits per heavy atom. The second-order valence-corrected chi connectivity index (χ2v) is 15.4. The van der Waals surface area contributed by atoms with Gasteiger partial charge in [0.05, 0.1) is 0 Å². The molecule has 0 amide bonds. The highest BCUT2D eigenvalue weighted by Gasteiger charge is 2.52. The highest BCUT2D eigenvalue weighted by atomic mass is 14.6. The number of benzene rings is 1. The first-order chi connectivity index (χ1) is 19.6. The number of fused-ring (bicyclic) bond motifs is 1. The van der Waals surface area contributed by atoms with Gasteiger partial charge in [0.25, 0.3) is 0 Å². The van der Waals surface area contributed by atoms with Gasteiger partial charge in [0.2, 0.25) is 0 Å². The lowest BCUT2D eigenvalue weighted by Crippen LogP contribution is -2.24. The molecule has 3 rings (SSSR count). The molecule has 1 aromatic carbocycles. The Morgan fingerprint density at radius 2 is 1.57 bits per heavy atom. The van der Waals surface area contributed by atoms with E-state index >= 15 is 0 Å². The van der Waals surface area contributed by atoms with E-state index in [4.69, 9.17) is 13.2 Å². The third kappa shape index (κ3) is 11.5. The number of rotatable bonds is 13. The maximum atomic E-state index is 4.81. The van der Waals surface area contributed by atoms with Crippen LogP contribution >= 0.6 is 0 Å². The van der Waals surface area contributed by atoms with Crippen molar-refractivity contribution >= 4 is 0 Å². The zero-order valence-electron chi connectivity index (χ0n) is 29.6. The van der Waals surface area contributed by atoms with Gasteiger partial charge in [0, 0.05) is 5.92 Å². The van der Waals surface area contributed by atoms with Crippen molar-refractivity contribution in [2.45, 2.75) is 127 Å². The number of hydrogen-bond donors (Lipinski definition) is 0. The summed E-state index contributed by atoms with van der Waals surface area (Å²) in [5, 5.41) is 0. The van der Waals surface area contributed by atoms with Crippen molar-refractivity contribution in [2.75, 3.05) is 0 Å². The second kappa shape index (κ2) is 17.3. The molecule has 0 N–H and O–H groups in total. The Morgan fingerprint density at radius 1 is 1.00 bits per heavy atom. The lowest BCUT2D eigenvalue weighted by atomic mass is 9.71. The summed E-state index contributed by atoms with van der Waals surface area (Å²) in [6, 6.07) is 10.9. The van der Waals surface area contributed by atoms with E-state index in [0.29, 0.717) is 34.5 Å². The molecule has 6 atom stereocenters. The summed E-state index contributed by atoms with van der Waals surface area (Å²) in [6.45, 7) is 44.7. The van der Waals surface area contributed by atoms with Crippen molar-refractivity contribution in [1.82, 2.24) is 0 Å². The van der Waals surface area contributed by atoms with Gasteiger partial charge >= 0.3 is 0 Å².